The maximum Gasteiger partial charge on any atom is 0.341 e. The number of rotatable bonds is 5. The molecule has 1 saturated carbocycles. The number of methoxy groups -OCH3 is 1. The smallest absolute Gasteiger partial charge is 0.341 e. The Hall–Kier alpha value is -1.29. The van der Waals surface area contributed by atoms with Crippen molar-refractivity contribution in [1.29, 1.82) is 0 Å². The second-order valence-corrected chi connectivity index (χ2v) is 6.02. The monoisotopic (exact) mass is 465 g/mol. The summed E-state index contributed by atoms with van der Waals surface area (Å²) in [7, 11) is 1.35. The molecule has 142 valence electrons. The van der Waals surface area contributed by atoms with Crippen LogP contribution >= 0.6 is 24.0 Å². The quantitative estimate of drug-likeness (QED) is 0.268. The Morgan fingerprint density at radius 2 is 2.08 bits per heavy atom. The SMILES string of the molecule is CCNC(=NCc1cc(C(=O)OC)c(C)o1)NC1CCC(O)CC1.I. The molecule has 25 heavy (non-hydrogen) atoms. The molecule has 0 aliphatic heterocycles. The highest BCUT2D eigenvalue weighted by molar-refractivity contribution is 14.0. The van der Waals surface area contributed by atoms with E-state index in [1.165, 1.54) is 7.11 Å². The first-order valence-corrected chi connectivity index (χ1v) is 8.44. The molecule has 2 rings (SSSR count). The number of nitrogens with zero attached hydrogens (tertiary/aromatic N) is 1. The first kappa shape index (κ1) is 21.8. The molecule has 7 nitrogen and oxygen atoms in total. The van der Waals surface area contributed by atoms with Crippen LogP contribution in [-0.4, -0.2) is 42.8 Å². The zero-order valence-electron chi connectivity index (χ0n) is 15.0. The lowest BCUT2D eigenvalue weighted by Crippen LogP contribution is -2.45. The fourth-order valence-corrected chi connectivity index (χ4v) is 2.82. The van der Waals surface area contributed by atoms with Gasteiger partial charge in [-0.05, 0) is 45.6 Å². The van der Waals surface area contributed by atoms with Crippen LogP contribution < -0.4 is 10.6 Å². The van der Waals surface area contributed by atoms with Crippen molar-refractivity contribution >= 4 is 35.9 Å². The van der Waals surface area contributed by atoms with Gasteiger partial charge >= 0.3 is 5.97 Å². The van der Waals surface area contributed by atoms with Crippen LogP contribution in [0.25, 0.3) is 0 Å². The van der Waals surface area contributed by atoms with E-state index in [0.29, 0.717) is 35.6 Å². The number of aliphatic hydroxyl groups is 1. The molecule has 0 saturated heterocycles. The minimum Gasteiger partial charge on any atom is -0.465 e. The molecule has 0 spiro atoms. The van der Waals surface area contributed by atoms with Gasteiger partial charge in [-0.1, -0.05) is 0 Å². The van der Waals surface area contributed by atoms with Gasteiger partial charge in [-0.3, -0.25) is 0 Å². The molecule has 0 unspecified atom stereocenters. The first-order valence-electron chi connectivity index (χ1n) is 8.44. The molecule has 0 radical (unpaired) electrons. The number of aryl methyl sites for hydroxylation is 1. The number of furan rings is 1. The number of carbonyl (C=O) groups excluding carboxylic acids is 1. The summed E-state index contributed by atoms with van der Waals surface area (Å²) in [4.78, 5) is 16.1. The molecular formula is C17H28IN3O4. The van der Waals surface area contributed by atoms with Crippen molar-refractivity contribution in [3.05, 3.63) is 23.2 Å². The summed E-state index contributed by atoms with van der Waals surface area (Å²) in [6.45, 7) is 4.83. The molecule has 1 aliphatic rings. The van der Waals surface area contributed by atoms with E-state index in [1.807, 2.05) is 6.92 Å². The fraction of sp³-hybridized carbons (Fsp3) is 0.647. The van der Waals surface area contributed by atoms with Crippen molar-refractivity contribution in [1.82, 2.24) is 10.6 Å². The minimum atomic E-state index is -0.405. The summed E-state index contributed by atoms with van der Waals surface area (Å²) in [5.74, 6) is 1.46. The lowest BCUT2D eigenvalue weighted by Gasteiger charge is -2.27. The highest BCUT2D eigenvalue weighted by Gasteiger charge is 2.20. The fourth-order valence-electron chi connectivity index (χ4n) is 2.82. The Morgan fingerprint density at radius 3 is 2.68 bits per heavy atom. The van der Waals surface area contributed by atoms with Gasteiger partial charge in [-0.15, -0.1) is 24.0 Å². The zero-order valence-corrected chi connectivity index (χ0v) is 17.3. The van der Waals surface area contributed by atoms with Crippen LogP contribution in [0, 0.1) is 6.92 Å². The van der Waals surface area contributed by atoms with Crippen molar-refractivity contribution in [2.24, 2.45) is 4.99 Å². The average Bonchev–Trinajstić information content (AvgIpc) is 2.95. The summed E-state index contributed by atoms with van der Waals surface area (Å²) in [5.41, 5.74) is 0.432. The Morgan fingerprint density at radius 1 is 1.40 bits per heavy atom. The summed E-state index contributed by atoms with van der Waals surface area (Å²) >= 11 is 0. The third-order valence-electron chi connectivity index (χ3n) is 4.15. The zero-order chi connectivity index (χ0) is 17.5. The van der Waals surface area contributed by atoms with Gasteiger partial charge in [-0.2, -0.15) is 0 Å². The topological polar surface area (TPSA) is 96.1 Å². The number of hydrogen-bond acceptors (Lipinski definition) is 5. The molecule has 0 atom stereocenters. The standard InChI is InChI=1S/C17H27N3O4.HI/c1-4-18-17(20-12-5-7-13(21)8-6-12)19-10-14-9-15(11(2)24-14)16(22)23-3;/h9,12-13,21H,4-8,10H2,1-3H3,(H2,18,19,20);1H. The van der Waals surface area contributed by atoms with Gasteiger partial charge in [0.2, 0.25) is 0 Å². The van der Waals surface area contributed by atoms with Crippen LogP contribution in [-0.2, 0) is 11.3 Å². The number of carbonyl (C=O) groups is 1. The van der Waals surface area contributed by atoms with Crippen LogP contribution in [0.1, 0.15) is 54.5 Å². The van der Waals surface area contributed by atoms with E-state index in [9.17, 15) is 9.90 Å². The number of nitrogens with one attached hydrogen (secondary N) is 2. The molecule has 1 heterocycles. The van der Waals surface area contributed by atoms with E-state index in [0.717, 1.165) is 32.2 Å². The van der Waals surface area contributed by atoms with Gasteiger partial charge in [0.25, 0.3) is 0 Å². The van der Waals surface area contributed by atoms with E-state index in [1.54, 1.807) is 13.0 Å². The Bertz CT molecular complexity index is 580. The van der Waals surface area contributed by atoms with E-state index in [4.69, 9.17) is 9.15 Å². The Balaban J connectivity index is 0.00000312. The molecule has 1 aliphatic carbocycles. The van der Waals surface area contributed by atoms with Crippen molar-refractivity contribution in [3.8, 4) is 0 Å². The van der Waals surface area contributed by atoms with Crippen molar-refractivity contribution < 1.29 is 19.1 Å². The van der Waals surface area contributed by atoms with Crippen molar-refractivity contribution in [3.63, 3.8) is 0 Å². The lowest BCUT2D eigenvalue weighted by atomic mass is 9.93. The van der Waals surface area contributed by atoms with E-state index in [2.05, 4.69) is 15.6 Å². The average molecular weight is 465 g/mol. The Kier molecular flexibility index (Phi) is 9.26. The third kappa shape index (κ3) is 6.50. The Labute approximate surface area is 165 Å². The molecule has 0 aromatic carbocycles. The molecule has 0 bridgehead atoms. The second-order valence-electron chi connectivity index (χ2n) is 6.02. The van der Waals surface area contributed by atoms with E-state index in [-0.39, 0.29) is 30.1 Å². The predicted octanol–water partition coefficient (Wildman–Crippen LogP) is 2.35. The largest absolute Gasteiger partial charge is 0.465 e. The minimum absolute atomic E-state index is 0. The van der Waals surface area contributed by atoms with Crippen LogP contribution in [0.5, 0.6) is 0 Å². The molecular weight excluding hydrogens is 437 g/mol. The summed E-state index contributed by atoms with van der Waals surface area (Å²) in [5, 5.41) is 16.2. The molecule has 0 amide bonds. The number of ether oxygens (including phenoxy) is 1. The normalized spacial score (nSPS) is 20.6. The lowest BCUT2D eigenvalue weighted by molar-refractivity contribution is 0.0598. The van der Waals surface area contributed by atoms with Crippen molar-refractivity contribution in [2.75, 3.05) is 13.7 Å². The van der Waals surface area contributed by atoms with E-state index < -0.39 is 5.97 Å². The van der Waals surface area contributed by atoms with Gasteiger partial charge in [0.1, 0.15) is 23.6 Å². The highest BCUT2D eigenvalue weighted by Crippen LogP contribution is 2.19. The number of hydrogen-bond donors (Lipinski definition) is 3. The molecule has 3 N–H and O–H groups in total. The second kappa shape index (κ2) is 10.6. The van der Waals surface area contributed by atoms with Crippen molar-refractivity contribution in [2.45, 2.75) is 58.2 Å². The molecule has 8 heteroatoms. The molecule has 1 fully saturated rings. The number of esters is 1. The maximum absolute atomic E-state index is 11.6. The van der Waals surface area contributed by atoms with Crippen LogP contribution in [0.15, 0.2) is 15.5 Å². The van der Waals surface area contributed by atoms with Gasteiger partial charge < -0.3 is 24.9 Å². The number of halogens is 1. The number of aliphatic imine (C=N–C) groups is 1. The first-order chi connectivity index (χ1) is 11.5. The van der Waals surface area contributed by atoms with E-state index >= 15 is 0 Å². The van der Waals surface area contributed by atoms with Gasteiger partial charge in [0.15, 0.2) is 5.96 Å². The van der Waals surface area contributed by atoms with Crippen LogP contribution in [0.4, 0.5) is 0 Å². The molecule has 1 aromatic heterocycles. The molecule has 1 aromatic rings. The number of aliphatic hydroxyl groups excluding tert-OH is 1. The van der Waals surface area contributed by atoms with Gasteiger partial charge in [-0.25, -0.2) is 9.79 Å². The summed E-state index contributed by atoms with van der Waals surface area (Å²) < 4.78 is 10.3. The summed E-state index contributed by atoms with van der Waals surface area (Å²) in [6, 6.07) is 1.99. The predicted molar refractivity (Wildman–Crippen MR) is 106 cm³/mol. The summed E-state index contributed by atoms with van der Waals surface area (Å²) in [6.07, 6.45) is 3.31. The van der Waals surface area contributed by atoms with Crippen LogP contribution in [0.3, 0.4) is 0 Å². The number of guanidine groups is 1. The van der Waals surface area contributed by atoms with Gasteiger partial charge in [0, 0.05) is 12.6 Å². The third-order valence-corrected chi connectivity index (χ3v) is 4.15. The van der Waals surface area contributed by atoms with Crippen LogP contribution in [0.2, 0.25) is 0 Å². The maximum atomic E-state index is 11.6. The highest BCUT2D eigenvalue weighted by atomic mass is 127. The van der Waals surface area contributed by atoms with Gasteiger partial charge in [0.05, 0.1) is 13.2 Å².